The van der Waals surface area contributed by atoms with E-state index in [0.29, 0.717) is 47.2 Å². The lowest BCUT2D eigenvalue weighted by molar-refractivity contribution is 0.133. The van der Waals surface area contributed by atoms with Crippen LogP contribution in [0.5, 0.6) is 0 Å². The molecule has 0 aliphatic carbocycles. The van der Waals surface area contributed by atoms with Crippen molar-refractivity contribution >= 4 is 51.7 Å². The van der Waals surface area contributed by atoms with Crippen molar-refractivity contribution in [2.45, 2.75) is 55.0 Å². The van der Waals surface area contributed by atoms with Gasteiger partial charge in [-0.05, 0) is 81.4 Å². The highest BCUT2D eigenvalue weighted by Gasteiger charge is 2.45. The summed E-state index contributed by atoms with van der Waals surface area (Å²) in [5.74, 6) is 0.792. The highest BCUT2D eigenvalue weighted by molar-refractivity contribution is 7.89. The van der Waals surface area contributed by atoms with Crippen molar-refractivity contribution in [3.63, 3.8) is 0 Å². The predicted molar refractivity (Wildman–Crippen MR) is 154 cm³/mol. The van der Waals surface area contributed by atoms with Crippen LogP contribution in [0.2, 0.25) is 10.0 Å². The summed E-state index contributed by atoms with van der Waals surface area (Å²) >= 11 is 11.9. The number of nitrogens with one attached hydrogen (secondary N) is 1. The molecule has 3 rings (SSSR count). The molecule has 2 aromatic rings. The van der Waals surface area contributed by atoms with E-state index in [1.165, 1.54) is 52.8 Å². The molecule has 0 radical (unpaired) electrons. The first kappa shape index (κ1) is 31.9. The number of nitrogens with zero attached hydrogens (tertiary/aromatic N) is 1. The molecule has 3 atom stereocenters. The van der Waals surface area contributed by atoms with Gasteiger partial charge in [-0.2, -0.15) is 4.31 Å². The summed E-state index contributed by atoms with van der Waals surface area (Å²) in [6.45, 7) is 4.01. The molecule has 1 aliphatic heterocycles. The van der Waals surface area contributed by atoms with Crippen LogP contribution < -0.4 is 4.72 Å². The largest absolute Gasteiger partial charge is 0.495 e. The van der Waals surface area contributed by atoms with Crippen LogP contribution in [0.25, 0.3) is 0 Å². The third-order valence-corrected chi connectivity index (χ3v) is 10.6. The molecule has 0 aromatic heterocycles. The molecule has 1 aliphatic rings. The van der Waals surface area contributed by atoms with Gasteiger partial charge in [-0.25, -0.2) is 21.6 Å². The first-order valence-electron chi connectivity index (χ1n) is 12.5. The van der Waals surface area contributed by atoms with Gasteiger partial charge in [-0.3, -0.25) is 0 Å². The summed E-state index contributed by atoms with van der Waals surface area (Å²) in [5.41, 5.74) is 0. The maximum Gasteiger partial charge on any atom is 0.243 e. The zero-order chi connectivity index (χ0) is 28.6. The van der Waals surface area contributed by atoms with Crippen LogP contribution in [0, 0.1) is 0 Å². The van der Waals surface area contributed by atoms with Crippen molar-refractivity contribution in [1.29, 1.82) is 0 Å². The fourth-order valence-corrected chi connectivity index (χ4v) is 7.85. The number of rotatable bonds is 14. The molecule has 14 heteroatoms. The van der Waals surface area contributed by atoms with Gasteiger partial charge < -0.3 is 14.0 Å². The van der Waals surface area contributed by atoms with E-state index in [1.54, 1.807) is 6.92 Å². The van der Waals surface area contributed by atoms with Crippen molar-refractivity contribution in [3.8, 4) is 0 Å². The number of allylic oxidation sites excluding steroid dienone is 1. The van der Waals surface area contributed by atoms with Crippen molar-refractivity contribution in [3.05, 3.63) is 70.1 Å². The fourth-order valence-electron chi connectivity index (χ4n) is 4.34. The van der Waals surface area contributed by atoms with Gasteiger partial charge in [0, 0.05) is 29.1 Å². The van der Waals surface area contributed by atoms with Crippen LogP contribution in [0.4, 0.5) is 0 Å². The highest BCUT2D eigenvalue weighted by Crippen LogP contribution is 2.34. The zero-order valence-electron chi connectivity index (χ0n) is 21.7. The van der Waals surface area contributed by atoms with Gasteiger partial charge in [0.15, 0.2) is 5.76 Å². The smallest absolute Gasteiger partial charge is 0.243 e. The first-order chi connectivity index (χ1) is 18.5. The van der Waals surface area contributed by atoms with Crippen molar-refractivity contribution in [1.82, 2.24) is 9.03 Å². The SMILES string of the molecule is CCOC(CCC[PH2]=O)=C(OCC)[C@@H]1C[C@@H](NS(=O)(=O)c2ccc(Cl)cc2)CN1S(=O)(=O)c1ccc(Cl)cc1. The molecular weight excluding hydrogens is 606 g/mol. The van der Waals surface area contributed by atoms with Crippen molar-refractivity contribution in [2.75, 3.05) is 25.9 Å². The Balaban J connectivity index is 2.05. The number of benzene rings is 2. The summed E-state index contributed by atoms with van der Waals surface area (Å²) in [4.78, 5) is 0.0278. The Morgan fingerprint density at radius 3 is 2.05 bits per heavy atom. The van der Waals surface area contributed by atoms with Crippen LogP contribution in [-0.4, -0.2) is 59.1 Å². The monoisotopic (exact) mass is 638 g/mol. The summed E-state index contributed by atoms with van der Waals surface area (Å²) in [6.07, 6.45) is 1.61. The molecular formula is C25H33Cl2N2O7PS2. The molecule has 0 saturated carbocycles. The summed E-state index contributed by atoms with van der Waals surface area (Å²) < 4.78 is 80.9. The van der Waals surface area contributed by atoms with Crippen LogP contribution in [0.1, 0.15) is 33.1 Å². The van der Waals surface area contributed by atoms with Gasteiger partial charge in [0.25, 0.3) is 0 Å². The number of sulfonamides is 2. The third-order valence-electron chi connectivity index (χ3n) is 6.04. The number of hydrogen-bond donors (Lipinski definition) is 1. The van der Waals surface area contributed by atoms with E-state index in [-0.39, 0.29) is 29.4 Å². The van der Waals surface area contributed by atoms with Crippen molar-refractivity contribution in [2.24, 2.45) is 0 Å². The van der Waals surface area contributed by atoms with E-state index in [4.69, 9.17) is 32.7 Å². The Morgan fingerprint density at radius 2 is 1.51 bits per heavy atom. The Morgan fingerprint density at radius 1 is 0.949 bits per heavy atom. The lowest BCUT2D eigenvalue weighted by Crippen LogP contribution is -2.40. The highest BCUT2D eigenvalue weighted by atomic mass is 35.5. The minimum Gasteiger partial charge on any atom is -0.495 e. The second-order valence-electron chi connectivity index (χ2n) is 8.76. The van der Waals surface area contributed by atoms with Gasteiger partial charge >= 0.3 is 0 Å². The quantitative estimate of drug-likeness (QED) is 0.177. The third kappa shape index (κ3) is 8.22. The van der Waals surface area contributed by atoms with Gasteiger partial charge in [0.1, 0.15) is 5.76 Å². The van der Waals surface area contributed by atoms with E-state index in [2.05, 4.69) is 4.72 Å². The van der Waals surface area contributed by atoms with Gasteiger partial charge in [-0.1, -0.05) is 23.2 Å². The van der Waals surface area contributed by atoms with E-state index in [0.717, 1.165) is 0 Å². The summed E-state index contributed by atoms with van der Waals surface area (Å²) in [6, 6.07) is 9.89. The Bertz CT molecular complexity index is 1370. The zero-order valence-corrected chi connectivity index (χ0v) is 26.0. The average molecular weight is 640 g/mol. The summed E-state index contributed by atoms with van der Waals surface area (Å²) in [5, 5.41) is 0.776. The van der Waals surface area contributed by atoms with Crippen LogP contribution >= 0.6 is 31.7 Å². The Kier molecular flexibility index (Phi) is 11.7. The summed E-state index contributed by atoms with van der Waals surface area (Å²) in [7, 11) is -9.00. The van der Waals surface area contributed by atoms with Crippen LogP contribution in [-0.2, 0) is 34.1 Å². The van der Waals surface area contributed by atoms with E-state index >= 15 is 0 Å². The Hall–Kier alpha value is -1.59. The maximum atomic E-state index is 13.9. The lowest BCUT2D eigenvalue weighted by atomic mass is 10.1. The van der Waals surface area contributed by atoms with E-state index in [9.17, 15) is 21.4 Å². The van der Waals surface area contributed by atoms with Gasteiger partial charge in [0.2, 0.25) is 20.0 Å². The molecule has 1 unspecified atom stereocenters. The lowest BCUT2D eigenvalue weighted by Gasteiger charge is -2.27. The van der Waals surface area contributed by atoms with Crippen molar-refractivity contribution < 1.29 is 30.9 Å². The van der Waals surface area contributed by atoms with Gasteiger partial charge in [-0.15, -0.1) is 0 Å². The molecule has 39 heavy (non-hydrogen) atoms. The van der Waals surface area contributed by atoms with E-state index < -0.39 is 40.6 Å². The normalized spacial score (nSPS) is 19.4. The molecule has 1 N–H and O–H groups in total. The minimum absolute atomic E-state index is 0.0122. The molecule has 0 amide bonds. The fraction of sp³-hybridized carbons (Fsp3) is 0.440. The van der Waals surface area contributed by atoms with Crippen LogP contribution in [0.15, 0.2) is 69.8 Å². The molecule has 1 heterocycles. The van der Waals surface area contributed by atoms with E-state index in [1.807, 2.05) is 6.92 Å². The first-order valence-corrected chi connectivity index (χ1v) is 17.5. The molecule has 0 spiro atoms. The number of halogens is 2. The predicted octanol–water partition coefficient (Wildman–Crippen LogP) is 4.92. The van der Waals surface area contributed by atoms with Crippen LogP contribution in [0.3, 0.4) is 0 Å². The molecule has 1 fully saturated rings. The molecule has 2 aromatic carbocycles. The molecule has 9 nitrogen and oxygen atoms in total. The molecule has 1 saturated heterocycles. The van der Waals surface area contributed by atoms with Gasteiger partial charge in [0.05, 0.1) is 37.5 Å². The topological polar surface area (TPSA) is 119 Å². The molecule has 0 bridgehead atoms. The second-order valence-corrected chi connectivity index (χ2v) is 14.2. The minimum atomic E-state index is -4.09. The molecule has 216 valence electrons. The average Bonchev–Trinajstić information content (AvgIpc) is 3.31. The second kappa shape index (κ2) is 14.3. The standard InChI is InChI=1S/C25H33Cl2N2O7PS2/c1-3-35-24(6-5-15-37-30)25(36-4-2)23-16-20(28-38(31,32)21-11-7-18(26)8-12-21)17-29(23)39(33,34)22-13-9-19(27)10-14-22/h7-14,20,23,28H,3-6,15-17,37H2,1-2H3/t20-,23+/m1/s1. The number of hydrogen-bond acceptors (Lipinski definition) is 7. The number of ether oxygens (including phenoxy) is 2. The Labute approximate surface area is 241 Å². The maximum absolute atomic E-state index is 13.9.